The predicted octanol–water partition coefficient (Wildman–Crippen LogP) is 2.06. The van der Waals surface area contributed by atoms with Crippen LogP contribution in [0.15, 0.2) is 58.3 Å². The van der Waals surface area contributed by atoms with Crippen LogP contribution in [0.25, 0.3) is 0 Å². The van der Waals surface area contributed by atoms with Gasteiger partial charge in [-0.05, 0) is 48.7 Å². The van der Waals surface area contributed by atoms with Crippen molar-refractivity contribution in [3.63, 3.8) is 0 Å². The third-order valence-electron chi connectivity index (χ3n) is 5.33. The quantitative estimate of drug-likeness (QED) is 0.661. The summed E-state index contributed by atoms with van der Waals surface area (Å²) in [7, 11) is -7.36. The lowest BCUT2D eigenvalue weighted by Gasteiger charge is -2.31. The van der Waals surface area contributed by atoms with Gasteiger partial charge in [-0.2, -0.15) is 13.2 Å². The van der Waals surface area contributed by atoms with Crippen LogP contribution in [-0.2, 0) is 37.2 Å². The van der Waals surface area contributed by atoms with Crippen molar-refractivity contribution in [2.45, 2.75) is 40.9 Å². The van der Waals surface area contributed by atoms with E-state index < -0.39 is 47.8 Å². The summed E-state index contributed by atoms with van der Waals surface area (Å²) in [6.07, 6.45) is -4.65. The molecule has 2 aromatic carbocycles. The molecule has 1 saturated heterocycles. The molecule has 0 aromatic heterocycles. The largest absolute Gasteiger partial charge is 0.416 e. The average molecular weight is 491 g/mol. The molecule has 2 aromatic rings. The lowest BCUT2D eigenvalue weighted by atomic mass is 9.92. The molecule has 0 spiro atoms. The highest BCUT2D eigenvalue weighted by Gasteiger charge is 2.39. The molecule has 0 bridgehead atoms. The standard InChI is InChI=1S/C20H21F3N2O5S2/c21-20(22,23)15-2-1-3-17(12-15)32(29,30)16-6-4-14(5-7-16)13-25-18(26)19(24)8-10-31(27,28)11-9-19/h1-7,12H,8-11,13,24H2,(H,25,26). The number of hydrogen-bond acceptors (Lipinski definition) is 6. The van der Waals surface area contributed by atoms with Gasteiger partial charge in [-0.15, -0.1) is 0 Å². The zero-order valence-electron chi connectivity index (χ0n) is 16.7. The summed E-state index contributed by atoms with van der Waals surface area (Å²) >= 11 is 0. The molecule has 1 amide bonds. The summed E-state index contributed by atoms with van der Waals surface area (Å²) in [4.78, 5) is 11.7. The number of nitrogens with two attached hydrogens (primary N) is 1. The maximum Gasteiger partial charge on any atom is 0.416 e. The van der Waals surface area contributed by atoms with Crippen LogP contribution in [0.2, 0.25) is 0 Å². The van der Waals surface area contributed by atoms with Crippen LogP contribution >= 0.6 is 0 Å². The fourth-order valence-electron chi connectivity index (χ4n) is 3.25. The molecule has 12 heteroatoms. The molecular formula is C20H21F3N2O5S2. The highest BCUT2D eigenvalue weighted by Crippen LogP contribution is 2.32. The van der Waals surface area contributed by atoms with Gasteiger partial charge in [0.25, 0.3) is 0 Å². The zero-order valence-corrected chi connectivity index (χ0v) is 18.4. The lowest BCUT2D eigenvalue weighted by Crippen LogP contribution is -2.57. The van der Waals surface area contributed by atoms with Crippen LogP contribution < -0.4 is 11.1 Å². The van der Waals surface area contributed by atoms with Gasteiger partial charge < -0.3 is 11.1 Å². The first-order valence-electron chi connectivity index (χ1n) is 9.52. The van der Waals surface area contributed by atoms with Crippen molar-refractivity contribution in [3.05, 3.63) is 59.7 Å². The van der Waals surface area contributed by atoms with Gasteiger partial charge >= 0.3 is 6.18 Å². The van der Waals surface area contributed by atoms with E-state index in [0.29, 0.717) is 11.6 Å². The molecule has 1 heterocycles. The maximum absolute atomic E-state index is 12.9. The second-order valence-corrected chi connectivity index (χ2v) is 11.9. The van der Waals surface area contributed by atoms with Crippen LogP contribution in [0.4, 0.5) is 13.2 Å². The number of nitrogens with one attached hydrogen (secondary N) is 1. The Morgan fingerprint density at radius 2 is 1.62 bits per heavy atom. The Morgan fingerprint density at radius 1 is 1.03 bits per heavy atom. The smallest absolute Gasteiger partial charge is 0.350 e. The summed E-state index contributed by atoms with van der Waals surface area (Å²) in [5.41, 5.74) is 4.22. The number of carbonyl (C=O) groups excluding carboxylic acids is 1. The normalized spacial score (nSPS) is 18.1. The minimum absolute atomic E-state index is 0.00926. The number of alkyl halides is 3. The van der Waals surface area contributed by atoms with Crippen molar-refractivity contribution >= 4 is 25.6 Å². The Morgan fingerprint density at radius 3 is 2.19 bits per heavy atom. The summed E-state index contributed by atoms with van der Waals surface area (Å²) in [5.74, 6) is -0.842. The number of hydrogen-bond donors (Lipinski definition) is 2. The lowest BCUT2D eigenvalue weighted by molar-refractivity contribution is -0.137. The molecular weight excluding hydrogens is 469 g/mol. The van der Waals surface area contributed by atoms with Gasteiger partial charge in [0.15, 0.2) is 0 Å². The van der Waals surface area contributed by atoms with E-state index in [1.807, 2.05) is 0 Å². The Labute approximate surface area is 183 Å². The fraction of sp³-hybridized carbons (Fsp3) is 0.350. The molecule has 174 valence electrons. The number of carbonyl (C=O) groups is 1. The van der Waals surface area contributed by atoms with Crippen molar-refractivity contribution in [3.8, 4) is 0 Å². The summed E-state index contributed by atoms with van der Waals surface area (Å²) in [6.45, 7) is 0.0222. The first-order valence-corrected chi connectivity index (χ1v) is 12.8. The van der Waals surface area contributed by atoms with Crippen molar-refractivity contribution in [1.29, 1.82) is 0 Å². The monoisotopic (exact) mass is 490 g/mol. The van der Waals surface area contributed by atoms with Gasteiger partial charge in [0, 0.05) is 6.54 Å². The Balaban J connectivity index is 1.69. The first kappa shape index (κ1) is 24.2. The summed E-state index contributed by atoms with van der Waals surface area (Å²) < 4.78 is 87.1. The molecule has 0 atom stereocenters. The topological polar surface area (TPSA) is 123 Å². The molecule has 0 saturated carbocycles. The third-order valence-corrected chi connectivity index (χ3v) is 8.75. The molecule has 7 nitrogen and oxygen atoms in total. The van der Waals surface area contributed by atoms with E-state index in [-0.39, 0.29) is 35.8 Å². The van der Waals surface area contributed by atoms with E-state index in [0.717, 1.165) is 18.2 Å². The number of sulfone groups is 2. The van der Waals surface area contributed by atoms with Gasteiger partial charge in [0.1, 0.15) is 9.84 Å². The number of amides is 1. The van der Waals surface area contributed by atoms with Gasteiger partial charge in [0.2, 0.25) is 15.7 Å². The van der Waals surface area contributed by atoms with Crippen molar-refractivity contribution in [1.82, 2.24) is 5.32 Å². The first-order chi connectivity index (χ1) is 14.7. The highest BCUT2D eigenvalue weighted by molar-refractivity contribution is 7.91. The SMILES string of the molecule is NC1(C(=O)NCc2ccc(S(=O)(=O)c3cccc(C(F)(F)F)c3)cc2)CCS(=O)(=O)CC1. The van der Waals surface area contributed by atoms with Crippen molar-refractivity contribution < 1.29 is 34.8 Å². The van der Waals surface area contributed by atoms with E-state index in [9.17, 15) is 34.8 Å². The molecule has 1 fully saturated rings. The van der Waals surface area contributed by atoms with Crippen molar-refractivity contribution in [2.75, 3.05) is 11.5 Å². The molecule has 1 aliphatic rings. The van der Waals surface area contributed by atoms with Gasteiger partial charge in [-0.1, -0.05) is 18.2 Å². The van der Waals surface area contributed by atoms with E-state index in [2.05, 4.69) is 5.32 Å². The van der Waals surface area contributed by atoms with Crippen molar-refractivity contribution in [2.24, 2.45) is 5.73 Å². The Kier molecular flexibility index (Phi) is 6.42. The number of rotatable bonds is 5. The summed E-state index contributed by atoms with van der Waals surface area (Å²) in [5, 5.41) is 2.62. The van der Waals surface area contributed by atoms with Crippen LogP contribution in [0.1, 0.15) is 24.0 Å². The third kappa shape index (κ3) is 5.30. The molecule has 0 aliphatic carbocycles. The maximum atomic E-state index is 12.9. The molecule has 0 unspecified atom stereocenters. The summed E-state index contributed by atoms with van der Waals surface area (Å²) in [6, 6.07) is 8.81. The van der Waals surface area contributed by atoms with Gasteiger partial charge in [0.05, 0.1) is 32.4 Å². The second kappa shape index (κ2) is 8.49. The highest BCUT2D eigenvalue weighted by atomic mass is 32.2. The van der Waals surface area contributed by atoms with Crippen LogP contribution in [0, 0.1) is 0 Å². The fourth-order valence-corrected chi connectivity index (χ4v) is 6.11. The molecule has 3 rings (SSSR count). The van der Waals surface area contributed by atoms with Gasteiger partial charge in [-0.3, -0.25) is 4.79 Å². The number of benzene rings is 2. The van der Waals surface area contributed by atoms with E-state index in [1.54, 1.807) is 0 Å². The van der Waals surface area contributed by atoms with Gasteiger partial charge in [-0.25, -0.2) is 16.8 Å². The minimum atomic E-state index is -4.67. The predicted molar refractivity (Wildman–Crippen MR) is 110 cm³/mol. The molecule has 0 radical (unpaired) electrons. The molecule has 1 aliphatic heterocycles. The molecule has 3 N–H and O–H groups in total. The van der Waals surface area contributed by atoms with E-state index in [4.69, 9.17) is 5.73 Å². The minimum Gasteiger partial charge on any atom is -0.350 e. The Bertz CT molecular complexity index is 1210. The van der Waals surface area contributed by atoms with E-state index >= 15 is 0 Å². The molecule has 32 heavy (non-hydrogen) atoms. The average Bonchev–Trinajstić information content (AvgIpc) is 2.74. The van der Waals surface area contributed by atoms with Crippen LogP contribution in [0.5, 0.6) is 0 Å². The zero-order chi connectivity index (χ0) is 23.8. The second-order valence-electron chi connectivity index (χ2n) is 7.66. The Hall–Kier alpha value is -2.44. The van der Waals surface area contributed by atoms with Crippen LogP contribution in [0.3, 0.4) is 0 Å². The van der Waals surface area contributed by atoms with E-state index in [1.165, 1.54) is 24.3 Å². The number of halogens is 3. The van der Waals surface area contributed by atoms with Crippen LogP contribution in [-0.4, -0.2) is 39.8 Å².